The van der Waals surface area contributed by atoms with Gasteiger partial charge < -0.3 is 5.32 Å². The summed E-state index contributed by atoms with van der Waals surface area (Å²) < 4.78 is 0. The Morgan fingerprint density at radius 1 is 0.944 bits per heavy atom. The summed E-state index contributed by atoms with van der Waals surface area (Å²) >= 11 is 3.42. The van der Waals surface area contributed by atoms with Crippen LogP contribution < -0.4 is 5.32 Å². The lowest BCUT2D eigenvalue weighted by atomic mass is 10.1. The van der Waals surface area contributed by atoms with E-state index in [1.165, 1.54) is 5.56 Å². The minimum Gasteiger partial charge on any atom is -0.356 e. The molecule has 0 aliphatic heterocycles. The third-order valence-corrected chi connectivity index (χ3v) is 2.99. The fourth-order valence-corrected chi connectivity index (χ4v) is 1.95. The average molecular weight is 302 g/mol. The molecule has 2 aromatic rings. The van der Waals surface area contributed by atoms with Crippen LogP contribution in [-0.2, 0) is 0 Å². The van der Waals surface area contributed by atoms with Gasteiger partial charge in [-0.2, -0.15) is 0 Å². The molecule has 2 aromatic carbocycles. The van der Waals surface area contributed by atoms with E-state index in [4.69, 9.17) is 0 Å². The van der Waals surface area contributed by atoms with Gasteiger partial charge in [0, 0.05) is 16.7 Å². The van der Waals surface area contributed by atoms with Crippen LogP contribution >= 0.6 is 15.9 Å². The van der Waals surface area contributed by atoms with Crippen molar-refractivity contribution in [3.8, 4) is 0 Å². The fraction of sp³-hybridized carbons (Fsp3) is 0.125. The highest BCUT2D eigenvalue weighted by molar-refractivity contribution is 9.09. The van der Waals surface area contributed by atoms with E-state index in [1.54, 1.807) is 0 Å². The second-order valence-corrected chi connectivity index (χ2v) is 4.79. The lowest BCUT2D eigenvalue weighted by Crippen LogP contribution is -1.89. The van der Waals surface area contributed by atoms with Gasteiger partial charge in [-0.05, 0) is 36.2 Å². The van der Waals surface area contributed by atoms with Crippen molar-refractivity contribution >= 4 is 33.4 Å². The number of allylic oxidation sites excluding steroid dienone is 1. The van der Waals surface area contributed by atoms with Crippen LogP contribution in [0, 0.1) is 0 Å². The molecule has 0 aromatic heterocycles. The number of para-hydroxylation sites is 1. The van der Waals surface area contributed by atoms with E-state index < -0.39 is 0 Å². The second kappa shape index (κ2) is 7.02. The van der Waals surface area contributed by atoms with E-state index in [9.17, 15) is 0 Å². The Labute approximate surface area is 117 Å². The van der Waals surface area contributed by atoms with Crippen LogP contribution in [-0.4, -0.2) is 5.33 Å². The minimum absolute atomic E-state index is 1.01. The Morgan fingerprint density at radius 3 is 2.50 bits per heavy atom. The third-order valence-electron chi connectivity index (χ3n) is 2.54. The first-order valence-corrected chi connectivity index (χ1v) is 7.15. The zero-order chi connectivity index (χ0) is 12.6. The van der Waals surface area contributed by atoms with Crippen molar-refractivity contribution < 1.29 is 0 Å². The van der Waals surface area contributed by atoms with Gasteiger partial charge in [0.15, 0.2) is 0 Å². The molecule has 2 rings (SSSR count). The maximum absolute atomic E-state index is 3.42. The molecule has 0 unspecified atom stereocenters. The molecule has 0 heterocycles. The lowest BCUT2D eigenvalue weighted by molar-refractivity contribution is 1.27. The number of hydrogen-bond acceptors (Lipinski definition) is 1. The Kier molecular flexibility index (Phi) is 5.03. The molecule has 1 N–H and O–H groups in total. The normalized spacial score (nSPS) is 10.7. The maximum atomic E-state index is 3.42. The summed E-state index contributed by atoms with van der Waals surface area (Å²) in [7, 11) is 0. The number of halogens is 1. The summed E-state index contributed by atoms with van der Waals surface area (Å²) in [4.78, 5) is 0. The number of benzene rings is 2. The lowest BCUT2D eigenvalue weighted by Gasteiger charge is -2.06. The van der Waals surface area contributed by atoms with Crippen LogP contribution in [0.15, 0.2) is 60.7 Å². The van der Waals surface area contributed by atoms with Crippen LogP contribution in [0.3, 0.4) is 0 Å². The molecule has 0 bridgehead atoms. The third kappa shape index (κ3) is 4.04. The smallest absolute Gasteiger partial charge is 0.0390 e. The van der Waals surface area contributed by atoms with Gasteiger partial charge in [-0.15, -0.1) is 0 Å². The monoisotopic (exact) mass is 301 g/mol. The largest absolute Gasteiger partial charge is 0.356 e. The molecule has 0 aliphatic carbocycles. The SMILES string of the molecule is BrCCC=Cc1cccc(Nc2ccccc2)c1. The van der Waals surface area contributed by atoms with Crippen LogP contribution in [0.1, 0.15) is 12.0 Å². The molecule has 0 amide bonds. The summed E-state index contributed by atoms with van der Waals surface area (Å²) in [6.07, 6.45) is 5.38. The molecule has 0 fully saturated rings. The topological polar surface area (TPSA) is 12.0 Å². The maximum Gasteiger partial charge on any atom is 0.0390 e. The van der Waals surface area contributed by atoms with Crippen molar-refractivity contribution in [2.75, 3.05) is 10.6 Å². The molecule has 0 spiro atoms. The summed E-state index contributed by atoms with van der Waals surface area (Å²) in [5.74, 6) is 0. The van der Waals surface area contributed by atoms with E-state index in [1.807, 2.05) is 18.2 Å². The van der Waals surface area contributed by atoms with Gasteiger partial charge in [0.05, 0.1) is 0 Å². The first kappa shape index (κ1) is 12.9. The van der Waals surface area contributed by atoms with E-state index in [0.717, 1.165) is 23.1 Å². The van der Waals surface area contributed by atoms with Crippen LogP contribution in [0.2, 0.25) is 0 Å². The van der Waals surface area contributed by atoms with Crippen LogP contribution in [0.25, 0.3) is 6.08 Å². The summed E-state index contributed by atoms with van der Waals surface area (Å²) in [6, 6.07) is 18.6. The zero-order valence-electron chi connectivity index (χ0n) is 10.1. The average Bonchev–Trinajstić information content (AvgIpc) is 2.41. The number of alkyl halides is 1. The van der Waals surface area contributed by atoms with Crippen molar-refractivity contribution in [2.24, 2.45) is 0 Å². The van der Waals surface area contributed by atoms with E-state index in [2.05, 4.69) is 69.8 Å². The first-order chi connectivity index (χ1) is 8.88. The summed E-state index contributed by atoms with van der Waals surface area (Å²) in [6.45, 7) is 0. The predicted octanol–water partition coefficient (Wildman–Crippen LogP) is 5.23. The summed E-state index contributed by atoms with van der Waals surface area (Å²) in [5.41, 5.74) is 3.44. The van der Waals surface area contributed by atoms with Gasteiger partial charge in [-0.25, -0.2) is 0 Å². The first-order valence-electron chi connectivity index (χ1n) is 6.03. The molecule has 2 heteroatoms. The van der Waals surface area contributed by atoms with E-state index >= 15 is 0 Å². The number of anilines is 2. The van der Waals surface area contributed by atoms with E-state index in [-0.39, 0.29) is 0 Å². The molecule has 0 atom stereocenters. The quantitative estimate of drug-likeness (QED) is 0.746. The minimum atomic E-state index is 1.01. The Morgan fingerprint density at radius 2 is 1.72 bits per heavy atom. The van der Waals surface area contributed by atoms with Gasteiger partial charge in [0.25, 0.3) is 0 Å². The highest BCUT2D eigenvalue weighted by Crippen LogP contribution is 2.18. The Balaban J connectivity index is 2.08. The molecule has 0 saturated carbocycles. The van der Waals surface area contributed by atoms with Gasteiger partial charge in [-0.1, -0.05) is 58.4 Å². The van der Waals surface area contributed by atoms with Gasteiger partial charge >= 0.3 is 0 Å². The Hall–Kier alpha value is -1.54. The highest BCUT2D eigenvalue weighted by atomic mass is 79.9. The zero-order valence-corrected chi connectivity index (χ0v) is 11.7. The van der Waals surface area contributed by atoms with Crippen molar-refractivity contribution in [3.05, 3.63) is 66.2 Å². The molecule has 0 radical (unpaired) electrons. The molecule has 0 aliphatic rings. The van der Waals surface area contributed by atoms with Crippen LogP contribution in [0.5, 0.6) is 0 Å². The van der Waals surface area contributed by atoms with Crippen molar-refractivity contribution in [1.29, 1.82) is 0 Å². The highest BCUT2D eigenvalue weighted by Gasteiger charge is 1.94. The van der Waals surface area contributed by atoms with Gasteiger partial charge in [0.1, 0.15) is 0 Å². The van der Waals surface area contributed by atoms with Crippen LogP contribution in [0.4, 0.5) is 11.4 Å². The summed E-state index contributed by atoms with van der Waals surface area (Å²) in [5, 5.41) is 4.40. The van der Waals surface area contributed by atoms with Gasteiger partial charge in [-0.3, -0.25) is 0 Å². The molecule has 92 valence electrons. The van der Waals surface area contributed by atoms with Crippen molar-refractivity contribution in [3.63, 3.8) is 0 Å². The second-order valence-electron chi connectivity index (χ2n) is 4.00. The van der Waals surface area contributed by atoms with Crippen molar-refractivity contribution in [2.45, 2.75) is 6.42 Å². The molecular formula is C16H16BrN. The molecule has 0 saturated heterocycles. The fourth-order valence-electron chi connectivity index (χ4n) is 1.69. The number of hydrogen-bond donors (Lipinski definition) is 1. The number of rotatable bonds is 5. The Bertz CT molecular complexity index is 506. The number of nitrogens with one attached hydrogen (secondary N) is 1. The standard InChI is InChI=1S/C16H16BrN/c17-12-5-4-7-14-8-6-11-16(13-14)18-15-9-2-1-3-10-15/h1-4,6-11,13,18H,5,12H2. The van der Waals surface area contributed by atoms with Crippen molar-refractivity contribution in [1.82, 2.24) is 0 Å². The molecular weight excluding hydrogens is 286 g/mol. The van der Waals surface area contributed by atoms with Gasteiger partial charge in [0.2, 0.25) is 0 Å². The van der Waals surface area contributed by atoms with E-state index in [0.29, 0.717) is 0 Å². The molecule has 1 nitrogen and oxygen atoms in total. The molecule has 18 heavy (non-hydrogen) atoms. The predicted molar refractivity (Wildman–Crippen MR) is 83.6 cm³/mol.